The standard InChI is InChI=1S/C14H16F3NO2/c1-13(2,12(19)20)9-7-18(3)10-6-4-5-8(11(9)10)14(15,16)17/h4-6,9H,7H2,1-3H3,(H,19,20). The van der Waals surface area contributed by atoms with E-state index in [2.05, 4.69) is 0 Å². The van der Waals surface area contributed by atoms with Crippen LogP contribution in [-0.4, -0.2) is 24.7 Å². The molecule has 1 heterocycles. The summed E-state index contributed by atoms with van der Waals surface area (Å²) in [4.78, 5) is 13.1. The predicted octanol–water partition coefficient (Wildman–Crippen LogP) is 3.35. The predicted molar refractivity (Wildman–Crippen MR) is 68.9 cm³/mol. The van der Waals surface area contributed by atoms with E-state index in [1.165, 1.54) is 19.9 Å². The molecule has 1 atom stereocenters. The van der Waals surface area contributed by atoms with Gasteiger partial charge in [-0.1, -0.05) is 6.07 Å². The topological polar surface area (TPSA) is 40.5 Å². The van der Waals surface area contributed by atoms with Crippen molar-refractivity contribution in [3.63, 3.8) is 0 Å². The minimum Gasteiger partial charge on any atom is -0.481 e. The second-order valence-electron chi connectivity index (χ2n) is 5.70. The molecule has 1 aromatic carbocycles. The van der Waals surface area contributed by atoms with Crippen molar-refractivity contribution in [2.45, 2.75) is 25.9 Å². The number of carboxylic acids is 1. The number of hydrogen-bond acceptors (Lipinski definition) is 2. The van der Waals surface area contributed by atoms with Gasteiger partial charge in [0.05, 0.1) is 11.0 Å². The largest absolute Gasteiger partial charge is 0.481 e. The summed E-state index contributed by atoms with van der Waals surface area (Å²) in [6.07, 6.45) is -4.48. The molecule has 3 nitrogen and oxygen atoms in total. The Hall–Kier alpha value is -1.72. The van der Waals surface area contributed by atoms with E-state index in [-0.39, 0.29) is 12.1 Å². The van der Waals surface area contributed by atoms with Gasteiger partial charge in [0.1, 0.15) is 0 Å². The molecule has 20 heavy (non-hydrogen) atoms. The van der Waals surface area contributed by atoms with E-state index in [1.807, 2.05) is 0 Å². The lowest BCUT2D eigenvalue weighted by molar-refractivity contribution is -0.149. The molecule has 0 aliphatic carbocycles. The highest BCUT2D eigenvalue weighted by Gasteiger charge is 2.47. The molecule has 1 aliphatic rings. The summed E-state index contributed by atoms with van der Waals surface area (Å²) in [6, 6.07) is 3.97. The number of likely N-dealkylation sites (N-methyl/N-ethyl adjacent to an activating group) is 1. The SMILES string of the molecule is CN1CC(C(C)(C)C(=O)O)c2c1cccc2C(F)(F)F. The average molecular weight is 287 g/mol. The zero-order chi connectivity index (χ0) is 15.3. The second-order valence-corrected chi connectivity index (χ2v) is 5.70. The smallest absolute Gasteiger partial charge is 0.416 e. The van der Waals surface area contributed by atoms with Gasteiger partial charge in [-0.15, -0.1) is 0 Å². The number of hydrogen-bond donors (Lipinski definition) is 1. The molecule has 0 saturated heterocycles. The third-order valence-electron chi connectivity index (χ3n) is 4.03. The lowest BCUT2D eigenvalue weighted by Gasteiger charge is -2.28. The molecule has 1 aliphatic heterocycles. The molecule has 110 valence electrons. The van der Waals surface area contributed by atoms with Crippen LogP contribution in [0.3, 0.4) is 0 Å². The number of carbonyl (C=O) groups is 1. The lowest BCUT2D eigenvalue weighted by atomic mass is 9.74. The fourth-order valence-corrected chi connectivity index (χ4v) is 2.70. The first-order valence-electron chi connectivity index (χ1n) is 6.21. The maximum absolute atomic E-state index is 13.2. The molecule has 2 rings (SSSR count). The third-order valence-corrected chi connectivity index (χ3v) is 4.03. The Morgan fingerprint density at radius 1 is 1.35 bits per heavy atom. The van der Waals surface area contributed by atoms with E-state index in [0.717, 1.165) is 6.07 Å². The van der Waals surface area contributed by atoms with Crippen molar-refractivity contribution < 1.29 is 23.1 Å². The van der Waals surface area contributed by atoms with Crippen LogP contribution in [0.15, 0.2) is 18.2 Å². The molecule has 0 radical (unpaired) electrons. The minimum atomic E-state index is -4.48. The average Bonchev–Trinajstić information content (AvgIpc) is 2.66. The van der Waals surface area contributed by atoms with Crippen molar-refractivity contribution >= 4 is 11.7 Å². The Morgan fingerprint density at radius 3 is 2.45 bits per heavy atom. The van der Waals surface area contributed by atoms with Crippen LogP contribution in [0.25, 0.3) is 0 Å². The Labute approximate surface area is 115 Å². The van der Waals surface area contributed by atoms with Gasteiger partial charge >= 0.3 is 12.1 Å². The van der Waals surface area contributed by atoms with Gasteiger partial charge in [-0.25, -0.2) is 0 Å². The van der Waals surface area contributed by atoms with Crippen molar-refractivity contribution in [1.82, 2.24) is 0 Å². The van der Waals surface area contributed by atoms with Gasteiger partial charge in [-0.3, -0.25) is 4.79 Å². The van der Waals surface area contributed by atoms with Gasteiger partial charge in [0.15, 0.2) is 0 Å². The zero-order valence-corrected chi connectivity index (χ0v) is 11.5. The van der Waals surface area contributed by atoms with Crippen LogP contribution in [0.4, 0.5) is 18.9 Å². The molecule has 0 fully saturated rings. The summed E-state index contributed by atoms with van der Waals surface area (Å²) in [5.74, 6) is -1.79. The summed E-state index contributed by atoms with van der Waals surface area (Å²) in [5, 5.41) is 9.31. The van der Waals surface area contributed by atoms with Gasteiger partial charge in [0.2, 0.25) is 0 Å². The summed E-state index contributed by atoms with van der Waals surface area (Å²) < 4.78 is 39.5. The first-order valence-corrected chi connectivity index (χ1v) is 6.21. The summed E-state index contributed by atoms with van der Waals surface area (Å²) in [6.45, 7) is 3.20. The minimum absolute atomic E-state index is 0.0925. The molecule has 1 unspecified atom stereocenters. The zero-order valence-electron chi connectivity index (χ0n) is 11.5. The van der Waals surface area contributed by atoms with Crippen LogP contribution in [0.1, 0.15) is 30.9 Å². The molecule has 1 N–H and O–H groups in total. The van der Waals surface area contributed by atoms with Crippen molar-refractivity contribution in [1.29, 1.82) is 0 Å². The van der Waals surface area contributed by atoms with Crippen LogP contribution >= 0.6 is 0 Å². The van der Waals surface area contributed by atoms with Crippen LogP contribution in [-0.2, 0) is 11.0 Å². The Balaban J connectivity index is 2.65. The van der Waals surface area contributed by atoms with Crippen LogP contribution in [0.2, 0.25) is 0 Å². The van der Waals surface area contributed by atoms with Crippen molar-refractivity contribution in [3.05, 3.63) is 29.3 Å². The number of alkyl halides is 3. The molecule has 0 amide bonds. The molecule has 0 bridgehead atoms. The fraction of sp³-hybridized carbons (Fsp3) is 0.500. The van der Waals surface area contributed by atoms with E-state index < -0.39 is 29.0 Å². The fourth-order valence-electron chi connectivity index (χ4n) is 2.70. The first-order chi connectivity index (χ1) is 9.06. The highest BCUT2D eigenvalue weighted by molar-refractivity contribution is 5.78. The van der Waals surface area contributed by atoms with Gasteiger partial charge < -0.3 is 10.0 Å². The van der Waals surface area contributed by atoms with Crippen molar-refractivity contribution in [2.75, 3.05) is 18.5 Å². The molecule has 1 aromatic rings. The Bertz CT molecular complexity index is 552. The van der Waals surface area contributed by atoms with E-state index in [4.69, 9.17) is 0 Å². The molecular formula is C14H16F3NO2. The van der Waals surface area contributed by atoms with Crippen LogP contribution < -0.4 is 4.90 Å². The van der Waals surface area contributed by atoms with Gasteiger partial charge in [0, 0.05) is 25.2 Å². The molecule has 0 spiro atoms. The highest BCUT2D eigenvalue weighted by Crippen LogP contribution is 2.50. The lowest BCUT2D eigenvalue weighted by Crippen LogP contribution is -2.34. The van der Waals surface area contributed by atoms with Crippen LogP contribution in [0, 0.1) is 5.41 Å². The van der Waals surface area contributed by atoms with Gasteiger partial charge in [0.25, 0.3) is 0 Å². The number of anilines is 1. The molecular weight excluding hydrogens is 271 g/mol. The van der Waals surface area contributed by atoms with E-state index in [1.54, 1.807) is 18.0 Å². The Kier molecular flexibility index (Phi) is 3.23. The number of benzene rings is 1. The number of rotatable bonds is 2. The number of halogens is 3. The van der Waals surface area contributed by atoms with Crippen molar-refractivity contribution in [3.8, 4) is 0 Å². The third kappa shape index (κ3) is 2.13. The van der Waals surface area contributed by atoms with E-state index in [0.29, 0.717) is 5.69 Å². The van der Waals surface area contributed by atoms with Gasteiger partial charge in [-0.2, -0.15) is 13.2 Å². The number of fused-ring (bicyclic) bond motifs is 1. The first kappa shape index (κ1) is 14.7. The number of nitrogens with zero attached hydrogens (tertiary/aromatic N) is 1. The molecule has 0 aromatic heterocycles. The summed E-state index contributed by atoms with van der Waals surface area (Å²) in [7, 11) is 1.68. The monoisotopic (exact) mass is 287 g/mol. The Morgan fingerprint density at radius 2 is 1.95 bits per heavy atom. The number of carboxylic acid groups (broad SMARTS) is 1. The molecule has 6 heteroatoms. The number of aliphatic carboxylic acids is 1. The van der Waals surface area contributed by atoms with E-state index >= 15 is 0 Å². The maximum atomic E-state index is 13.2. The summed E-state index contributed by atoms with van der Waals surface area (Å²) >= 11 is 0. The maximum Gasteiger partial charge on any atom is 0.416 e. The quantitative estimate of drug-likeness (QED) is 0.906. The van der Waals surface area contributed by atoms with E-state index in [9.17, 15) is 23.1 Å². The normalized spacial score (nSPS) is 19.1. The second kappa shape index (κ2) is 4.40. The van der Waals surface area contributed by atoms with Crippen molar-refractivity contribution in [2.24, 2.45) is 5.41 Å². The molecule has 0 saturated carbocycles. The summed E-state index contributed by atoms with van der Waals surface area (Å²) in [5.41, 5.74) is -1.45. The highest BCUT2D eigenvalue weighted by atomic mass is 19.4. The van der Waals surface area contributed by atoms with Crippen LogP contribution in [0.5, 0.6) is 0 Å². The van der Waals surface area contributed by atoms with Gasteiger partial charge in [-0.05, 0) is 31.5 Å².